The molecule has 17 heavy (non-hydrogen) atoms. The van der Waals surface area contributed by atoms with Crippen molar-refractivity contribution in [2.24, 2.45) is 11.8 Å². The zero-order chi connectivity index (χ0) is 13.9. The summed E-state index contributed by atoms with van der Waals surface area (Å²) in [7, 11) is -0.136. The van der Waals surface area contributed by atoms with E-state index in [0.717, 1.165) is 0 Å². The molecule has 0 amide bonds. The van der Waals surface area contributed by atoms with Gasteiger partial charge in [-0.3, -0.25) is 0 Å². The molecule has 108 valence electrons. The van der Waals surface area contributed by atoms with E-state index < -0.39 is 28.7 Å². The van der Waals surface area contributed by atoms with Gasteiger partial charge in [0.25, 0.3) is 0 Å². The second-order valence-electron chi connectivity index (χ2n) is 4.02. The quantitative estimate of drug-likeness (QED) is 0.303. The van der Waals surface area contributed by atoms with Crippen LogP contribution in [0.1, 0.15) is 27.2 Å². The van der Waals surface area contributed by atoms with E-state index in [1.807, 2.05) is 13.8 Å². The van der Waals surface area contributed by atoms with Crippen molar-refractivity contribution in [1.29, 1.82) is 0 Å². The topological polar surface area (TPSA) is 69.9 Å². The monoisotopic (exact) mass is 441 g/mol. The molecule has 9 heteroatoms. The van der Waals surface area contributed by atoms with Crippen LogP contribution in [0.25, 0.3) is 0 Å². The Bertz CT molecular complexity index is 243. The molecule has 2 atom stereocenters. The first-order valence-corrected chi connectivity index (χ1v) is 12.1. The molecule has 0 rings (SSSR count). The Balaban J connectivity index is 4.49. The average Bonchev–Trinajstić information content (AvgIpc) is 2.15. The molecule has 0 bridgehead atoms. The minimum absolute atomic E-state index is 0.136. The van der Waals surface area contributed by atoms with Gasteiger partial charge in [0, 0.05) is 0 Å². The SMILES string of the molecule is CC(C)[C@@H](Cl)C[C@@H](C)C(Cl)(Cl)O[I-](O)(O)SO. The summed E-state index contributed by atoms with van der Waals surface area (Å²) in [5, 5.41) is -0.148. The van der Waals surface area contributed by atoms with Crippen LogP contribution in [0.3, 0.4) is 0 Å². The molecular formula is C8H17Cl3IO4S-. The predicted molar refractivity (Wildman–Crippen MR) is 68.4 cm³/mol. The average molecular weight is 443 g/mol. The summed E-state index contributed by atoms with van der Waals surface area (Å²) in [5.41, 5.74) is 0. The first-order chi connectivity index (χ1) is 7.52. The van der Waals surface area contributed by atoms with Crippen molar-refractivity contribution in [2.75, 3.05) is 0 Å². The van der Waals surface area contributed by atoms with Gasteiger partial charge in [0.1, 0.15) is 0 Å². The van der Waals surface area contributed by atoms with Gasteiger partial charge in [0.2, 0.25) is 0 Å². The van der Waals surface area contributed by atoms with E-state index in [1.54, 1.807) is 6.92 Å². The fraction of sp³-hybridized carbons (Fsp3) is 1.00. The Morgan fingerprint density at radius 3 is 2.12 bits per heavy atom. The van der Waals surface area contributed by atoms with Gasteiger partial charge >= 0.3 is 126 Å². The molecule has 0 heterocycles. The Labute approximate surface area is 125 Å². The van der Waals surface area contributed by atoms with Crippen LogP contribution in [0, 0.1) is 11.8 Å². The summed E-state index contributed by atoms with van der Waals surface area (Å²) in [6.07, 6.45) is 0.458. The van der Waals surface area contributed by atoms with E-state index in [9.17, 15) is 6.87 Å². The fourth-order valence-electron chi connectivity index (χ4n) is 0.971. The van der Waals surface area contributed by atoms with Gasteiger partial charge < -0.3 is 0 Å². The van der Waals surface area contributed by atoms with E-state index >= 15 is 0 Å². The molecule has 0 saturated carbocycles. The summed E-state index contributed by atoms with van der Waals surface area (Å²) in [6, 6.07) is 0. The number of halogens is 4. The van der Waals surface area contributed by atoms with Crippen molar-refractivity contribution in [3.8, 4) is 0 Å². The Morgan fingerprint density at radius 2 is 1.76 bits per heavy atom. The number of rotatable bonds is 7. The first-order valence-electron chi connectivity index (χ1n) is 4.80. The summed E-state index contributed by atoms with van der Waals surface area (Å²) in [4.78, 5) is 0. The molecule has 0 aromatic rings. The number of alkyl halides is 3. The predicted octanol–water partition coefficient (Wildman–Crippen LogP) is 0.435. The van der Waals surface area contributed by atoms with Crippen LogP contribution in [-0.4, -0.2) is 21.3 Å². The zero-order valence-corrected chi connectivity index (χ0v) is 14.9. The Hall–Kier alpha value is 1.79. The van der Waals surface area contributed by atoms with Crippen molar-refractivity contribution < 1.29 is 32.8 Å². The third kappa shape index (κ3) is 7.22. The molecule has 0 aliphatic carbocycles. The molecule has 0 saturated heterocycles. The van der Waals surface area contributed by atoms with Crippen LogP contribution < -0.4 is 18.3 Å². The maximum atomic E-state index is 9.28. The van der Waals surface area contributed by atoms with E-state index in [4.69, 9.17) is 42.4 Å². The Morgan fingerprint density at radius 1 is 1.29 bits per heavy atom. The van der Waals surface area contributed by atoms with Crippen LogP contribution in [-0.2, 0) is 3.07 Å². The summed E-state index contributed by atoms with van der Waals surface area (Å²) in [5.74, 6) is -0.172. The first kappa shape index (κ1) is 18.8. The molecule has 0 radical (unpaired) electrons. The van der Waals surface area contributed by atoms with Crippen molar-refractivity contribution in [2.45, 2.75) is 37.1 Å². The van der Waals surface area contributed by atoms with Gasteiger partial charge in [-0.05, 0) is 0 Å². The van der Waals surface area contributed by atoms with Crippen molar-refractivity contribution >= 4 is 44.0 Å². The van der Waals surface area contributed by atoms with Gasteiger partial charge in [0.15, 0.2) is 0 Å². The molecule has 3 N–H and O–H groups in total. The molecule has 0 aliphatic rings. The zero-order valence-electron chi connectivity index (χ0n) is 9.61. The van der Waals surface area contributed by atoms with Gasteiger partial charge in [-0.25, -0.2) is 0 Å². The van der Waals surface area contributed by atoms with E-state index in [-0.39, 0.29) is 20.5 Å². The van der Waals surface area contributed by atoms with Crippen LogP contribution in [0.15, 0.2) is 0 Å². The molecule has 4 nitrogen and oxygen atoms in total. The van der Waals surface area contributed by atoms with E-state index in [2.05, 4.69) is 0 Å². The van der Waals surface area contributed by atoms with Crippen LogP contribution >= 0.6 is 44.0 Å². The Kier molecular flexibility index (Phi) is 8.33. The van der Waals surface area contributed by atoms with Crippen molar-refractivity contribution in [3.05, 3.63) is 0 Å². The molecule has 0 fully saturated rings. The van der Waals surface area contributed by atoms with Gasteiger partial charge in [-0.1, -0.05) is 0 Å². The van der Waals surface area contributed by atoms with Crippen LogP contribution in [0.2, 0.25) is 0 Å². The summed E-state index contributed by atoms with van der Waals surface area (Å²) >= 11 is 13.1. The maximum absolute atomic E-state index is 9.28. The minimum atomic E-state index is -4.71. The van der Waals surface area contributed by atoms with Crippen molar-refractivity contribution in [1.82, 2.24) is 0 Å². The number of hydrogen-bond acceptors (Lipinski definition) is 5. The molecular weight excluding hydrogens is 425 g/mol. The standard InChI is InChI=1S/C8H17Cl3IO4S/c1-5(2)7(9)4-6(3)8(10,11)16-12(13,14)17-15/h5-7,13-15H,4H2,1-3H3/q-1/t6-,7+/m1/s1. The normalized spacial score (nSPS) is 18.2. The van der Waals surface area contributed by atoms with E-state index in [1.165, 1.54) is 0 Å². The van der Waals surface area contributed by atoms with Crippen LogP contribution in [0.4, 0.5) is 0 Å². The van der Waals surface area contributed by atoms with Crippen LogP contribution in [0.5, 0.6) is 0 Å². The third-order valence-corrected chi connectivity index (χ3v) is 7.68. The molecule has 0 aromatic heterocycles. The number of hydrogen-bond donors (Lipinski definition) is 3. The summed E-state index contributed by atoms with van der Waals surface area (Å²) in [6.45, 7) is 5.61. The molecule has 0 spiro atoms. The van der Waals surface area contributed by atoms with Gasteiger partial charge in [0.05, 0.1) is 0 Å². The molecule has 0 aliphatic heterocycles. The fourth-order valence-corrected chi connectivity index (χ4v) is 5.11. The second-order valence-corrected chi connectivity index (χ2v) is 12.7. The van der Waals surface area contributed by atoms with Crippen molar-refractivity contribution in [3.63, 3.8) is 0 Å². The van der Waals surface area contributed by atoms with Gasteiger partial charge in [-0.2, -0.15) is 0 Å². The molecule has 0 aromatic carbocycles. The van der Waals surface area contributed by atoms with Gasteiger partial charge in [-0.15, -0.1) is 0 Å². The molecule has 0 unspecified atom stereocenters. The second kappa shape index (κ2) is 7.54. The third-order valence-electron chi connectivity index (χ3n) is 2.17. The van der Waals surface area contributed by atoms with E-state index in [0.29, 0.717) is 6.42 Å². The summed E-state index contributed by atoms with van der Waals surface area (Å²) < 4.78 is 30.2.